The Kier molecular flexibility index (Phi) is 6.10. The molecule has 0 heterocycles. The lowest BCUT2D eigenvalue weighted by Crippen LogP contribution is -2.23. The zero-order chi connectivity index (χ0) is 19.1. The highest BCUT2D eigenvalue weighted by Gasteiger charge is 2.17. The van der Waals surface area contributed by atoms with Gasteiger partial charge in [-0.2, -0.15) is 0 Å². The van der Waals surface area contributed by atoms with Crippen LogP contribution in [0.15, 0.2) is 42.5 Å². The normalized spacial score (nSPS) is 9.92. The Morgan fingerprint density at radius 1 is 1.12 bits per heavy atom. The maximum absolute atomic E-state index is 12.3. The Bertz CT molecular complexity index is 820. The third kappa shape index (κ3) is 4.69. The smallest absolute Gasteiger partial charge is 0.411 e. The summed E-state index contributed by atoms with van der Waals surface area (Å²) in [6.45, 7) is 0.198. The van der Waals surface area contributed by atoms with Crippen molar-refractivity contribution in [2.24, 2.45) is 0 Å². The maximum Gasteiger partial charge on any atom is 0.411 e. The predicted octanol–water partition coefficient (Wildman–Crippen LogP) is 2.71. The number of nitro groups is 1. The topological polar surface area (TPSA) is 120 Å². The molecular formula is C17H17N3O6. The second-order valence-corrected chi connectivity index (χ2v) is 5.14. The molecular weight excluding hydrogens is 342 g/mol. The van der Waals surface area contributed by atoms with Crippen LogP contribution in [0.2, 0.25) is 0 Å². The van der Waals surface area contributed by atoms with Crippen molar-refractivity contribution >= 4 is 23.4 Å². The standard InChI is InChI=1S/C17H17N3O6/c1-25-15-8-7-13(20(23)24)9-14(15)16(21)18-10-11-3-5-12(6-4-11)19-17(22)26-2/h3-9H,10H2,1-2H3,(H,18,21)(H,19,22). The van der Waals surface area contributed by atoms with Gasteiger partial charge in [0, 0.05) is 24.4 Å². The summed E-state index contributed by atoms with van der Waals surface area (Å²) in [5, 5.41) is 16.1. The minimum absolute atomic E-state index is 0.0747. The lowest BCUT2D eigenvalue weighted by molar-refractivity contribution is -0.384. The van der Waals surface area contributed by atoms with Crippen molar-refractivity contribution in [1.29, 1.82) is 0 Å². The van der Waals surface area contributed by atoms with Crippen molar-refractivity contribution in [1.82, 2.24) is 5.32 Å². The van der Waals surface area contributed by atoms with Gasteiger partial charge in [0.05, 0.1) is 24.7 Å². The molecule has 0 spiro atoms. The molecule has 0 aliphatic rings. The van der Waals surface area contributed by atoms with Gasteiger partial charge in [0.2, 0.25) is 0 Å². The van der Waals surface area contributed by atoms with Gasteiger partial charge in [-0.25, -0.2) is 4.79 Å². The first kappa shape index (κ1) is 18.7. The summed E-state index contributed by atoms with van der Waals surface area (Å²) in [6, 6.07) is 10.6. The van der Waals surface area contributed by atoms with Crippen LogP contribution in [0.5, 0.6) is 5.75 Å². The van der Waals surface area contributed by atoms with Gasteiger partial charge in [-0.05, 0) is 23.8 Å². The molecule has 2 N–H and O–H groups in total. The SMILES string of the molecule is COC(=O)Nc1ccc(CNC(=O)c2cc([N+](=O)[O-])ccc2OC)cc1. The fourth-order valence-electron chi connectivity index (χ4n) is 2.14. The monoisotopic (exact) mass is 359 g/mol. The molecule has 0 saturated carbocycles. The number of nitrogens with one attached hydrogen (secondary N) is 2. The highest BCUT2D eigenvalue weighted by molar-refractivity contribution is 5.97. The van der Waals surface area contributed by atoms with Crippen LogP contribution < -0.4 is 15.4 Å². The van der Waals surface area contributed by atoms with E-state index in [-0.39, 0.29) is 23.5 Å². The summed E-state index contributed by atoms with van der Waals surface area (Å²) < 4.78 is 9.57. The number of anilines is 1. The van der Waals surface area contributed by atoms with Crippen LogP contribution in [-0.4, -0.2) is 31.1 Å². The Labute approximate surface area is 149 Å². The van der Waals surface area contributed by atoms with Gasteiger partial charge >= 0.3 is 6.09 Å². The van der Waals surface area contributed by atoms with Crippen LogP contribution >= 0.6 is 0 Å². The van der Waals surface area contributed by atoms with E-state index in [0.717, 1.165) is 11.6 Å². The third-order valence-corrected chi connectivity index (χ3v) is 3.48. The molecule has 0 aliphatic carbocycles. The molecule has 0 unspecified atom stereocenters. The first-order valence-corrected chi connectivity index (χ1v) is 7.49. The molecule has 0 radical (unpaired) electrons. The molecule has 9 heteroatoms. The fourth-order valence-corrected chi connectivity index (χ4v) is 2.14. The lowest BCUT2D eigenvalue weighted by atomic mass is 10.1. The second kappa shape index (κ2) is 8.47. The first-order valence-electron chi connectivity index (χ1n) is 7.49. The number of non-ortho nitro benzene ring substituents is 1. The van der Waals surface area contributed by atoms with E-state index < -0.39 is 16.9 Å². The molecule has 26 heavy (non-hydrogen) atoms. The van der Waals surface area contributed by atoms with E-state index >= 15 is 0 Å². The Balaban J connectivity index is 2.05. The van der Waals surface area contributed by atoms with Gasteiger partial charge in [-0.15, -0.1) is 0 Å². The summed E-state index contributed by atoms with van der Waals surface area (Å²) in [4.78, 5) is 33.8. The van der Waals surface area contributed by atoms with Crippen LogP contribution in [0.1, 0.15) is 15.9 Å². The number of carbonyl (C=O) groups excluding carboxylic acids is 2. The van der Waals surface area contributed by atoms with Gasteiger partial charge in [0.25, 0.3) is 11.6 Å². The summed E-state index contributed by atoms with van der Waals surface area (Å²) in [5.74, 6) is -0.256. The molecule has 2 rings (SSSR count). The molecule has 0 aliphatic heterocycles. The summed E-state index contributed by atoms with van der Waals surface area (Å²) >= 11 is 0. The Hall–Kier alpha value is -3.62. The molecule has 2 aromatic rings. The maximum atomic E-state index is 12.3. The molecule has 0 atom stereocenters. The number of ether oxygens (including phenoxy) is 2. The molecule has 0 saturated heterocycles. The minimum atomic E-state index is -0.580. The molecule has 2 amide bonds. The Morgan fingerprint density at radius 2 is 1.81 bits per heavy atom. The van der Waals surface area contributed by atoms with E-state index in [1.54, 1.807) is 24.3 Å². The van der Waals surface area contributed by atoms with Crippen LogP contribution in [0.4, 0.5) is 16.2 Å². The van der Waals surface area contributed by atoms with E-state index in [2.05, 4.69) is 15.4 Å². The zero-order valence-corrected chi connectivity index (χ0v) is 14.1. The molecule has 2 aromatic carbocycles. The van der Waals surface area contributed by atoms with Crippen molar-refractivity contribution in [3.05, 3.63) is 63.7 Å². The quantitative estimate of drug-likeness (QED) is 0.604. The molecule has 0 bridgehead atoms. The summed E-state index contributed by atoms with van der Waals surface area (Å²) in [6.07, 6.45) is -0.580. The van der Waals surface area contributed by atoms with E-state index in [1.165, 1.54) is 26.4 Å². The highest BCUT2D eigenvalue weighted by Crippen LogP contribution is 2.24. The largest absolute Gasteiger partial charge is 0.496 e. The lowest BCUT2D eigenvalue weighted by Gasteiger charge is -2.10. The molecule has 136 valence electrons. The van der Waals surface area contributed by atoms with Crippen LogP contribution in [0.3, 0.4) is 0 Å². The van der Waals surface area contributed by atoms with Crippen LogP contribution in [0.25, 0.3) is 0 Å². The number of benzene rings is 2. The van der Waals surface area contributed by atoms with Crippen molar-refractivity contribution in [3.63, 3.8) is 0 Å². The number of nitro benzene ring substituents is 1. The van der Waals surface area contributed by atoms with E-state index in [9.17, 15) is 19.7 Å². The van der Waals surface area contributed by atoms with Gasteiger partial charge in [-0.1, -0.05) is 12.1 Å². The van der Waals surface area contributed by atoms with Gasteiger partial charge in [0.1, 0.15) is 5.75 Å². The van der Waals surface area contributed by atoms with E-state index in [1.807, 2.05) is 0 Å². The number of hydrogen-bond donors (Lipinski definition) is 2. The average Bonchev–Trinajstić information content (AvgIpc) is 2.66. The van der Waals surface area contributed by atoms with Crippen molar-refractivity contribution in [2.45, 2.75) is 6.54 Å². The summed E-state index contributed by atoms with van der Waals surface area (Å²) in [7, 11) is 2.65. The number of amides is 2. The zero-order valence-electron chi connectivity index (χ0n) is 14.1. The number of carbonyl (C=O) groups is 2. The number of methoxy groups -OCH3 is 2. The van der Waals surface area contributed by atoms with Crippen molar-refractivity contribution in [2.75, 3.05) is 19.5 Å². The molecule has 0 aromatic heterocycles. The number of nitrogens with zero attached hydrogens (tertiary/aromatic N) is 1. The van der Waals surface area contributed by atoms with Crippen LogP contribution in [-0.2, 0) is 11.3 Å². The van der Waals surface area contributed by atoms with Crippen LogP contribution in [0, 0.1) is 10.1 Å². The van der Waals surface area contributed by atoms with E-state index in [4.69, 9.17) is 4.74 Å². The van der Waals surface area contributed by atoms with E-state index in [0.29, 0.717) is 5.69 Å². The van der Waals surface area contributed by atoms with Gasteiger partial charge < -0.3 is 14.8 Å². The number of rotatable bonds is 6. The average molecular weight is 359 g/mol. The first-order chi connectivity index (χ1) is 12.4. The highest BCUT2D eigenvalue weighted by atomic mass is 16.6. The Morgan fingerprint density at radius 3 is 2.38 bits per heavy atom. The number of hydrogen-bond acceptors (Lipinski definition) is 6. The second-order valence-electron chi connectivity index (χ2n) is 5.14. The van der Waals surface area contributed by atoms with Gasteiger partial charge in [0.15, 0.2) is 0 Å². The molecule has 9 nitrogen and oxygen atoms in total. The summed E-state index contributed by atoms with van der Waals surface area (Å²) in [5.41, 5.74) is 1.20. The van der Waals surface area contributed by atoms with Crippen molar-refractivity contribution in [3.8, 4) is 5.75 Å². The van der Waals surface area contributed by atoms with Gasteiger partial charge in [-0.3, -0.25) is 20.2 Å². The van der Waals surface area contributed by atoms with Crippen molar-refractivity contribution < 1.29 is 24.0 Å². The fraction of sp³-hybridized carbons (Fsp3) is 0.176. The third-order valence-electron chi connectivity index (χ3n) is 3.48. The minimum Gasteiger partial charge on any atom is -0.496 e. The molecule has 0 fully saturated rings. The predicted molar refractivity (Wildman–Crippen MR) is 93.3 cm³/mol.